The molecule has 0 N–H and O–H groups in total. The molecular formula is C56H32O2. The second kappa shape index (κ2) is 11.9. The number of rotatable bonds is 3. The van der Waals surface area contributed by atoms with Gasteiger partial charge in [-0.25, -0.2) is 0 Å². The summed E-state index contributed by atoms with van der Waals surface area (Å²) >= 11 is 0. The van der Waals surface area contributed by atoms with Crippen molar-refractivity contribution in [3.63, 3.8) is 0 Å². The van der Waals surface area contributed by atoms with E-state index >= 15 is 0 Å². The minimum absolute atomic E-state index is 0.838. The van der Waals surface area contributed by atoms with Crippen molar-refractivity contribution in [2.75, 3.05) is 0 Å². The molecule has 13 aromatic rings. The summed E-state index contributed by atoms with van der Waals surface area (Å²) in [6.07, 6.45) is 0. The van der Waals surface area contributed by atoms with E-state index in [9.17, 15) is 0 Å². The summed E-state index contributed by atoms with van der Waals surface area (Å²) in [5, 5.41) is 16.5. The van der Waals surface area contributed by atoms with Crippen molar-refractivity contribution >= 4 is 97.7 Å². The summed E-state index contributed by atoms with van der Waals surface area (Å²) in [6.45, 7) is 0. The van der Waals surface area contributed by atoms with Gasteiger partial charge in [0.2, 0.25) is 0 Å². The molecule has 0 radical (unpaired) electrons. The zero-order valence-corrected chi connectivity index (χ0v) is 31.3. The number of hydrogen-bond acceptors (Lipinski definition) is 2. The fourth-order valence-electron chi connectivity index (χ4n) is 9.84. The van der Waals surface area contributed by atoms with Gasteiger partial charge < -0.3 is 8.83 Å². The third kappa shape index (κ3) is 4.43. The molecule has 0 amide bonds. The van der Waals surface area contributed by atoms with Crippen LogP contribution in [0.2, 0.25) is 0 Å². The van der Waals surface area contributed by atoms with E-state index in [2.05, 4.69) is 182 Å². The molecular weight excluding hydrogens is 705 g/mol. The van der Waals surface area contributed by atoms with Crippen LogP contribution in [0.15, 0.2) is 203 Å². The molecule has 11 aromatic carbocycles. The topological polar surface area (TPSA) is 26.3 Å². The molecule has 0 atom stereocenters. The maximum atomic E-state index is 6.62. The van der Waals surface area contributed by atoms with E-state index < -0.39 is 0 Å². The fraction of sp³-hybridized carbons (Fsp3) is 0. The highest BCUT2D eigenvalue weighted by Crippen LogP contribution is 2.47. The maximum absolute atomic E-state index is 6.62. The van der Waals surface area contributed by atoms with Gasteiger partial charge in [0.1, 0.15) is 22.3 Å². The molecule has 0 spiro atoms. The lowest BCUT2D eigenvalue weighted by Gasteiger charge is -2.20. The van der Waals surface area contributed by atoms with Gasteiger partial charge in [-0.3, -0.25) is 0 Å². The van der Waals surface area contributed by atoms with Crippen LogP contribution in [0.25, 0.3) is 131 Å². The molecule has 0 fully saturated rings. The molecule has 0 aliphatic heterocycles. The van der Waals surface area contributed by atoms with E-state index in [1.54, 1.807) is 0 Å². The van der Waals surface area contributed by atoms with Crippen molar-refractivity contribution < 1.29 is 8.83 Å². The highest BCUT2D eigenvalue weighted by Gasteiger charge is 2.21. The molecule has 58 heavy (non-hydrogen) atoms. The third-order valence-electron chi connectivity index (χ3n) is 12.4. The smallest absolute Gasteiger partial charge is 0.147 e. The predicted octanol–water partition coefficient (Wildman–Crippen LogP) is 16.3. The fourth-order valence-corrected chi connectivity index (χ4v) is 9.84. The first kappa shape index (κ1) is 31.5. The summed E-state index contributed by atoms with van der Waals surface area (Å²) in [6, 6.07) is 70.5. The van der Waals surface area contributed by atoms with Crippen molar-refractivity contribution in [3.8, 4) is 33.4 Å². The van der Waals surface area contributed by atoms with Crippen molar-refractivity contribution in [1.82, 2.24) is 0 Å². The van der Waals surface area contributed by atoms with E-state index in [-0.39, 0.29) is 0 Å². The average Bonchev–Trinajstić information content (AvgIpc) is 3.86. The number of fused-ring (bicyclic) bond motifs is 13. The quantitative estimate of drug-likeness (QED) is 0.169. The normalized spacial score (nSPS) is 12.1. The van der Waals surface area contributed by atoms with Gasteiger partial charge in [-0.15, -0.1) is 0 Å². The molecule has 0 unspecified atom stereocenters. The van der Waals surface area contributed by atoms with Crippen molar-refractivity contribution in [1.29, 1.82) is 0 Å². The van der Waals surface area contributed by atoms with Gasteiger partial charge in [-0.05, 0) is 124 Å². The Bertz CT molecular complexity index is 3800. The van der Waals surface area contributed by atoms with Gasteiger partial charge in [0, 0.05) is 21.5 Å². The van der Waals surface area contributed by atoms with Crippen molar-refractivity contribution in [2.45, 2.75) is 0 Å². The van der Waals surface area contributed by atoms with Gasteiger partial charge in [0.15, 0.2) is 0 Å². The Kier molecular flexibility index (Phi) is 6.47. The molecule has 268 valence electrons. The molecule has 0 aliphatic rings. The number of para-hydroxylation sites is 1. The molecule has 13 rings (SSSR count). The van der Waals surface area contributed by atoms with E-state index in [4.69, 9.17) is 8.83 Å². The Morgan fingerprint density at radius 2 is 0.793 bits per heavy atom. The molecule has 2 aromatic heterocycles. The highest BCUT2D eigenvalue weighted by molar-refractivity contribution is 6.26. The van der Waals surface area contributed by atoms with Crippen molar-refractivity contribution in [2.24, 2.45) is 0 Å². The van der Waals surface area contributed by atoms with Crippen LogP contribution in [0.3, 0.4) is 0 Å². The minimum atomic E-state index is 0.838. The van der Waals surface area contributed by atoms with Gasteiger partial charge in [0.05, 0.1) is 5.39 Å². The molecule has 0 bridgehead atoms. The van der Waals surface area contributed by atoms with Gasteiger partial charge in [0.25, 0.3) is 0 Å². The van der Waals surface area contributed by atoms with E-state index in [0.29, 0.717) is 0 Å². The SMILES string of the molecule is c1ccc2cc(-c3c4ccccc4c(-c4ccc(-c5ccc6c(ccc7c6oc6ccc8c9ccccc9oc8c67)c5)c5ccccc45)c4ccccc34)ccc2c1. The van der Waals surface area contributed by atoms with E-state index in [0.717, 1.165) is 54.6 Å². The zero-order valence-electron chi connectivity index (χ0n) is 31.3. The van der Waals surface area contributed by atoms with Crippen LogP contribution in [-0.2, 0) is 0 Å². The summed E-state index contributed by atoms with van der Waals surface area (Å²) in [5.41, 5.74) is 10.9. The lowest BCUT2D eigenvalue weighted by atomic mass is 9.83. The minimum Gasteiger partial charge on any atom is -0.455 e. The number of benzene rings is 11. The average molecular weight is 737 g/mol. The first-order valence-corrected chi connectivity index (χ1v) is 19.9. The van der Waals surface area contributed by atoms with E-state index in [1.807, 2.05) is 12.1 Å². The van der Waals surface area contributed by atoms with Gasteiger partial charge >= 0.3 is 0 Å². The first-order valence-electron chi connectivity index (χ1n) is 19.9. The number of furan rings is 2. The molecule has 0 aliphatic carbocycles. The summed E-state index contributed by atoms with van der Waals surface area (Å²) < 4.78 is 13.0. The van der Waals surface area contributed by atoms with Crippen LogP contribution < -0.4 is 0 Å². The Labute approximate surface area is 332 Å². The van der Waals surface area contributed by atoms with Crippen LogP contribution in [0.5, 0.6) is 0 Å². The lowest BCUT2D eigenvalue weighted by Crippen LogP contribution is -1.92. The largest absolute Gasteiger partial charge is 0.455 e. The molecule has 0 saturated carbocycles. The monoisotopic (exact) mass is 736 g/mol. The van der Waals surface area contributed by atoms with Crippen molar-refractivity contribution in [3.05, 3.63) is 194 Å². The Morgan fingerprint density at radius 3 is 1.57 bits per heavy atom. The Morgan fingerprint density at radius 1 is 0.259 bits per heavy atom. The van der Waals surface area contributed by atoms with Gasteiger partial charge in [-0.1, -0.05) is 152 Å². The lowest BCUT2D eigenvalue weighted by molar-refractivity contribution is 0.665. The van der Waals surface area contributed by atoms with Crippen LogP contribution in [-0.4, -0.2) is 0 Å². The summed E-state index contributed by atoms with van der Waals surface area (Å²) in [4.78, 5) is 0. The standard InChI is InChI=1S/C56H32O2/c1-2-12-34-31-37(22-21-33(34)11-1)52-43-16-5-7-18-45(43)53(46-19-8-6-17-44(46)52)47-28-27-38(40-13-3-4-14-41(40)47)35-23-25-39-36(32-35)24-26-49-54-51(58-55(39)49)30-29-48-42-15-9-10-20-50(42)57-56(48)54/h1-32H. The molecule has 2 heteroatoms. The molecule has 0 saturated heterocycles. The second-order valence-corrected chi connectivity index (χ2v) is 15.5. The third-order valence-corrected chi connectivity index (χ3v) is 12.4. The second-order valence-electron chi connectivity index (χ2n) is 15.5. The van der Waals surface area contributed by atoms with Crippen LogP contribution in [0.1, 0.15) is 0 Å². The Balaban J connectivity index is 0.997. The first-order chi connectivity index (χ1) is 28.8. The van der Waals surface area contributed by atoms with Crippen LogP contribution in [0.4, 0.5) is 0 Å². The molecule has 2 heterocycles. The predicted molar refractivity (Wildman–Crippen MR) is 245 cm³/mol. The summed E-state index contributed by atoms with van der Waals surface area (Å²) in [7, 11) is 0. The maximum Gasteiger partial charge on any atom is 0.147 e. The summed E-state index contributed by atoms with van der Waals surface area (Å²) in [5.74, 6) is 0. The van der Waals surface area contributed by atoms with Crippen LogP contribution in [0, 0.1) is 0 Å². The van der Waals surface area contributed by atoms with Gasteiger partial charge in [-0.2, -0.15) is 0 Å². The number of hydrogen-bond donors (Lipinski definition) is 0. The van der Waals surface area contributed by atoms with E-state index in [1.165, 1.54) is 76.5 Å². The van der Waals surface area contributed by atoms with Crippen LogP contribution >= 0.6 is 0 Å². The zero-order chi connectivity index (χ0) is 37.9. The Hall–Kier alpha value is -7.68. The highest BCUT2D eigenvalue weighted by atomic mass is 16.3. The molecule has 2 nitrogen and oxygen atoms in total.